The van der Waals surface area contributed by atoms with Crippen LogP contribution < -0.4 is 5.32 Å². The Morgan fingerprint density at radius 1 is 1.33 bits per heavy atom. The molecule has 1 fully saturated rings. The van der Waals surface area contributed by atoms with Crippen molar-refractivity contribution in [3.8, 4) is 0 Å². The van der Waals surface area contributed by atoms with Crippen molar-refractivity contribution in [3.63, 3.8) is 0 Å². The van der Waals surface area contributed by atoms with Gasteiger partial charge >= 0.3 is 0 Å². The zero-order chi connectivity index (χ0) is 17.9. The second kappa shape index (κ2) is 11.5. The number of likely N-dealkylation sites (tertiary alicyclic amines) is 1. The fraction of sp³-hybridized carbons (Fsp3) is 0.632. The van der Waals surface area contributed by atoms with E-state index in [0.29, 0.717) is 4.90 Å². The van der Waals surface area contributed by atoms with Crippen molar-refractivity contribution in [2.24, 2.45) is 0 Å². The second-order valence-corrected chi connectivity index (χ2v) is 6.97. The monoisotopic (exact) mass is 354 g/mol. The SMILES string of the molecule is CCCCN1CCCCC1C=O.CNc1c(C)cc(SF)cc1C. The van der Waals surface area contributed by atoms with Gasteiger partial charge in [0.1, 0.15) is 6.29 Å². The van der Waals surface area contributed by atoms with E-state index in [1.54, 1.807) is 0 Å². The van der Waals surface area contributed by atoms with Gasteiger partial charge in [-0.3, -0.25) is 4.90 Å². The van der Waals surface area contributed by atoms with E-state index >= 15 is 0 Å². The van der Waals surface area contributed by atoms with Gasteiger partial charge in [-0.1, -0.05) is 19.8 Å². The fourth-order valence-corrected chi connectivity index (χ4v) is 3.62. The average molecular weight is 355 g/mol. The minimum atomic E-state index is 0.227. The summed E-state index contributed by atoms with van der Waals surface area (Å²) in [5.74, 6) is 0. The summed E-state index contributed by atoms with van der Waals surface area (Å²) in [7, 11) is 1.87. The molecular formula is C19H31FN2OS. The van der Waals surface area contributed by atoms with Crippen LogP contribution >= 0.6 is 12.1 Å². The minimum absolute atomic E-state index is 0.227. The first-order valence-electron chi connectivity index (χ1n) is 8.84. The molecule has 1 aromatic rings. The van der Waals surface area contributed by atoms with Crippen LogP contribution in [-0.2, 0) is 4.79 Å². The number of aldehydes is 1. The summed E-state index contributed by atoms with van der Waals surface area (Å²) in [6.07, 6.45) is 7.15. The Morgan fingerprint density at radius 2 is 2.00 bits per heavy atom. The fourth-order valence-electron chi connectivity index (χ4n) is 3.17. The second-order valence-electron chi connectivity index (χ2n) is 6.35. The molecule has 1 atom stereocenters. The number of carbonyl (C=O) groups excluding carboxylic acids is 1. The maximum Gasteiger partial charge on any atom is 0.137 e. The van der Waals surface area contributed by atoms with Crippen molar-refractivity contribution >= 4 is 24.1 Å². The average Bonchev–Trinajstić information content (AvgIpc) is 2.60. The summed E-state index contributed by atoms with van der Waals surface area (Å²) < 4.78 is 12.2. The molecule has 1 aromatic carbocycles. The quantitative estimate of drug-likeness (QED) is 0.715. The zero-order valence-electron chi connectivity index (χ0n) is 15.4. The first kappa shape index (κ1) is 21.0. The molecule has 2 rings (SSSR count). The lowest BCUT2D eigenvalue weighted by atomic mass is 10.0. The Balaban J connectivity index is 0.000000240. The predicted octanol–water partition coefficient (Wildman–Crippen LogP) is 5.16. The van der Waals surface area contributed by atoms with Crippen molar-refractivity contribution in [2.45, 2.75) is 63.8 Å². The van der Waals surface area contributed by atoms with Crippen LogP contribution in [0.25, 0.3) is 0 Å². The number of nitrogens with one attached hydrogen (secondary N) is 1. The zero-order valence-corrected chi connectivity index (χ0v) is 16.2. The molecule has 1 saturated heterocycles. The predicted molar refractivity (Wildman–Crippen MR) is 103 cm³/mol. The molecule has 0 aromatic heterocycles. The van der Waals surface area contributed by atoms with Crippen molar-refractivity contribution in [1.29, 1.82) is 0 Å². The van der Waals surface area contributed by atoms with Gasteiger partial charge in [0.2, 0.25) is 0 Å². The number of rotatable bonds is 6. The Bertz CT molecular complexity index is 487. The maximum atomic E-state index is 12.2. The third kappa shape index (κ3) is 6.44. The van der Waals surface area contributed by atoms with Gasteiger partial charge in [-0.05, 0) is 69.5 Å². The third-order valence-corrected chi connectivity index (χ3v) is 4.88. The van der Waals surface area contributed by atoms with Crippen LogP contribution in [0.15, 0.2) is 17.0 Å². The van der Waals surface area contributed by atoms with E-state index in [-0.39, 0.29) is 18.2 Å². The summed E-state index contributed by atoms with van der Waals surface area (Å²) in [4.78, 5) is 13.7. The molecule has 1 aliphatic heterocycles. The van der Waals surface area contributed by atoms with Crippen LogP contribution in [-0.4, -0.2) is 37.4 Å². The third-order valence-electron chi connectivity index (χ3n) is 4.47. The molecular weight excluding hydrogens is 323 g/mol. The van der Waals surface area contributed by atoms with Gasteiger partial charge in [0, 0.05) is 17.6 Å². The molecule has 0 radical (unpaired) electrons. The highest BCUT2D eigenvalue weighted by Gasteiger charge is 2.20. The van der Waals surface area contributed by atoms with Crippen LogP contribution in [0.2, 0.25) is 0 Å². The van der Waals surface area contributed by atoms with Crippen LogP contribution in [0.4, 0.5) is 9.57 Å². The number of carbonyl (C=O) groups is 1. The molecule has 1 unspecified atom stereocenters. The van der Waals surface area contributed by atoms with E-state index < -0.39 is 0 Å². The Kier molecular flexibility index (Phi) is 10.0. The summed E-state index contributed by atoms with van der Waals surface area (Å²) in [5, 5.41) is 3.08. The summed E-state index contributed by atoms with van der Waals surface area (Å²) >= 11 is 0.289. The van der Waals surface area contributed by atoms with E-state index in [1.807, 2.05) is 33.0 Å². The van der Waals surface area contributed by atoms with Crippen molar-refractivity contribution in [1.82, 2.24) is 4.90 Å². The van der Waals surface area contributed by atoms with Crippen LogP contribution in [0.3, 0.4) is 0 Å². The Labute approximate surface area is 150 Å². The molecule has 24 heavy (non-hydrogen) atoms. The molecule has 0 spiro atoms. The lowest BCUT2D eigenvalue weighted by Crippen LogP contribution is -2.40. The van der Waals surface area contributed by atoms with Gasteiger partial charge in [0.15, 0.2) is 0 Å². The summed E-state index contributed by atoms with van der Waals surface area (Å²) in [6.45, 7) is 8.38. The van der Waals surface area contributed by atoms with Gasteiger partial charge in [-0.25, -0.2) is 0 Å². The number of unbranched alkanes of at least 4 members (excludes halogenated alkanes) is 1. The minimum Gasteiger partial charge on any atom is -0.388 e. The van der Waals surface area contributed by atoms with Gasteiger partial charge < -0.3 is 10.1 Å². The van der Waals surface area contributed by atoms with E-state index in [2.05, 4.69) is 17.1 Å². The first-order valence-corrected chi connectivity index (χ1v) is 9.56. The number of hydrogen-bond acceptors (Lipinski definition) is 4. The van der Waals surface area contributed by atoms with Gasteiger partial charge in [0.25, 0.3) is 0 Å². The molecule has 136 valence electrons. The van der Waals surface area contributed by atoms with E-state index in [1.165, 1.54) is 25.7 Å². The number of hydrogen-bond donors (Lipinski definition) is 1. The summed E-state index contributed by atoms with van der Waals surface area (Å²) in [5.41, 5.74) is 3.25. The molecule has 0 bridgehead atoms. The standard InChI is InChI=1S/C10H19NO.C9H12FNS/c1-2-3-7-11-8-5-4-6-10(11)9-12;1-6-4-8(12-10)5-7(2)9(6)11-3/h9-10H,2-8H2,1H3;4-5,11H,1-3H3. The largest absolute Gasteiger partial charge is 0.388 e. The molecule has 1 N–H and O–H groups in total. The molecule has 5 heteroatoms. The van der Waals surface area contributed by atoms with Gasteiger partial charge in [0.05, 0.1) is 18.2 Å². The first-order chi connectivity index (χ1) is 11.6. The van der Waals surface area contributed by atoms with Crippen LogP contribution in [0.5, 0.6) is 0 Å². The highest BCUT2D eigenvalue weighted by atomic mass is 32.2. The molecule has 1 heterocycles. The normalized spacial score (nSPS) is 17.8. The number of halogens is 1. The summed E-state index contributed by atoms with van der Waals surface area (Å²) in [6, 6.07) is 3.90. The topological polar surface area (TPSA) is 32.3 Å². The maximum absolute atomic E-state index is 12.2. The number of aryl methyl sites for hydroxylation is 2. The lowest BCUT2D eigenvalue weighted by molar-refractivity contribution is -0.113. The molecule has 0 aliphatic carbocycles. The Morgan fingerprint density at radius 3 is 2.50 bits per heavy atom. The van der Waals surface area contributed by atoms with Crippen molar-refractivity contribution in [2.75, 3.05) is 25.5 Å². The molecule has 0 amide bonds. The van der Waals surface area contributed by atoms with E-state index in [0.717, 1.165) is 42.6 Å². The highest BCUT2D eigenvalue weighted by Crippen LogP contribution is 2.27. The van der Waals surface area contributed by atoms with Crippen LogP contribution in [0, 0.1) is 13.8 Å². The number of piperidine rings is 1. The van der Waals surface area contributed by atoms with Crippen LogP contribution in [0.1, 0.15) is 50.2 Å². The smallest absolute Gasteiger partial charge is 0.137 e. The van der Waals surface area contributed by atoms with Gasteiger partial charge in [-0.2, -0.15) is 3.89 Å². The number of benzene rings is 1. The molecule has 3 nitrogen and oxygen atoms in total. The Hall–Kier alpha value is -1.07. The number of nitrogens with zero attached hydrogens (tertiary/aromatic N) is 1. The van der Waals surface area contributed by atoms with Crippen molar-refractivity contribution in [3.05, 3.63) is 23.3 Å². The van der Waals surface area contributed by atoms with E-state index in [4.69, 9.17) is 0 Å². The molecule has 1 aliphatic rings. The lowest BCUT2D eigenvalue weighted by Gasteiger charge is -2.31. The number of anilines is 1. The molecule has 0 saturated carbocycles. The van der Waals surface area contributed by atoms with Crippen molar-refractivity contribution < 1.29 is 8.68 Å². The van der Waals surface area contributed by atoms with E-state index in [9.17, 15) is 8.68 Å². The van der Waals surface area contributed by atoms with Gasteiger partial charge in [-0.15, -0.1) is 0 Å². The highest BCUT2D eigenvalue weighted by molar-refractivity contribution is 7.94.